The molecular formula is C10H5F2NO2. The van der Waals surface area contributed by atoms with Crippen molar-refractivity contribution >= 4 is 5.78 Å². The van der Waals surface area contributed by atoms with Crippen molar-refractivity contribution in [2.75, 3.05) is 0 Å². The molecule has 1 aromatic heterocycles. The van der Waals surface area contributed by atoms with Gasteiger partial charge in [0.25, 0.3) is 11.7 Å². The standard InChI is InChI=1S/C10H5F2NO2/c11-6-1-2-7(8(12)5-6)9(14)10-13-3-4-15-10/h1-5H. The zero-order chi connectivity index (χ0) is 10.8. The number of nitrogens with zero attached hydrogens (tertiary/aromatic N) is 1. The summed E-state index contributed by atoms with van der Waals surface area (Å²) in [7, 11) is 0. The molecule has 1 heterocycles. The summed E-state index contributed by atoms with van der Waals surface area (Å²) in [5.41, 5.74) is -0.265. The van der Waals surface area contributed by atoms with E-state index in [0.717, 1.165) is 12.1 Å². The fraction of sp³-hybridized carbons (Fsp3) is 0. The van der Waals surface area contributed by atoms with Crippen molar-refractivity contribution < 1.29 is 18.0 Å². The molecule has 76 valence electrons. The number of carbonyl (C=O) groups is 1. The predicted molar refractivity (Wildman–Crippen MR) is 46.3 cm³/mol. The molecular weight excluding hydrogens is 204 g/mol. The highest BCUT2D eigenvalue weighted by molar-refractivity contribution is 6.05. The first-order chi connectivity index (χ1) is 7.18. The van der Waals surface area contributed by atoms with Crippen LogP contribution >= 0.6 is 0 Å². The maximum atomic E-state index is 13.2. The smallest absolute Gasteiger partial charge is 0.268 e. The Bertz CT molecular complexity index is 494. The lowest BCUT2D eigenvalue weighted by Crippen LogP contribution is -2.04. The number of halogens is 2. The van der Waals surface area contributed by atoms with Crippen LogP contribution in [0.2, 0.25) is 0 Å². The number of hydrogen-bond donors (Lipinski definition) is 0. The number of hydrogen-bond acceptors (Lipinski definition) is 3. The molecule has 0 aliphatic carbocycles. The van der Waals surface area contributed by atoms with E-state index in [0.29, 0.717) is 6.07 Å². The molecule has 15 heavy (non-hydrogen) atoms. The average molecular weight is 209 g/mol. The maximum Gasteiger partial charge on any atom is 0.268 e. The van der Waals surface area contributed by atoms with E-state index in [-0.39, 0.29) is 11.5 Å². The van der Waals surface area contributed by atoms with E-state index in [1.165, 1.54) is 12.5 Å². The zero-order valence-corrected chi connectivity index (χ0v) is 7.41. The third-order valence-electron chi connectivity index (χ3n) is 1.80. The second-order valence-corrected chi connectivity index (χ2v) is 2.79. The quantitative estimate of drug-likeness (QED) is 0.712. The Hall–Kier alpha value is -2.04. The van der Waals surface area contributed by atoms with Crippen molar-refractivity contribution in [2.24, 2.45) is 0 Å². The summed E-state index contributed by atoms with van der Waals surface area (Å²) in [6.07, 6.45) is 2.48. The monoisotopic (exact) mass is 209 g/mol. The molecule has 0 saturated heterocycles. The van der Waals surface area contributed by atoms with Gasteiger partial charge in [-0.1, -0.05) is 0 Å². The lowest BCUT2D eigenvalue weighted by molar-refractivity contribution is 0.0999. The highest BCUT2D eigenvalue weighted by Gasteiger charge is 2.17. The molecule has 0 spiro atoms. The van der Waals surface area contributed by atoms with Crippen LogP contribution in [0.5, 0.6) is 0 Å². The predicted octanol–water partition coefficient (Wildman–Crippen LogP) is 2.18. The van der Waals surface area contributed by atoms with Crippen molar-refractivity contribution in [2.45, 2.75) is 0 Å². The van der Waals surface area contributed by atoms with Gasteiger partial charge in [-0.3, -0.25) is 4.79 Å². The summed E-state index contributed by atoms with van der Waals surface area (Å²) in [5, 5.41) is 0. The molecule has 0 saturated carbocycles. The molecule has 2 rings (SSSR count). The van der Waals surface area contributed by atoms with Crippen LogP contribution in [0.3, 0.4) is 0 Å². The Labute approximate surface area is 83.4 Å². The molecule has 0 fully saturated rings. The van der Waals surface area contributed by atoms with Crippen LogP contribution in [0, 0.1) is 11.6 Å². The fourth-order valence-electron chi connectivity index (χ4n) is 1.12. The average Bonchev–Trinajstić information content (AvgIpc) is 2.69. The van der Waals surface area contributed by atoms with Crippen LogP contribution in [0.25, 0.3) is 0 Å². The summed E-state index contributed by atoms with van der Waals surface area (Å²) in [6.45, 7) is 0. The minimum Gasteiger partial charge on any atom is -0.442 e. The van der Waals surface area contributed by atoms with E-state index in [1.807, 2.05) is 0 Å². The minimum atomic E-state index is -0.932. The van der Waals surface area contributed by atoms with Gasteiger partial charge in [0.05, 0.1) is 11.8 Å². The van der Waals surface area contributed by atoms with Gasteiger partial charge in [0, 0.05) is 6.07 Å². The lowest BCUT2D eigenvalue weighted by Gasteiger charge is -1.98. The van der Waals surface area contributed by atoms with Crippen molar-refractivity contribution in [3.05, 3.63) is 53.7 Å². The molecule has 5 heteroatoms. The molecule has 0 N–H and O–H groups in total. The van der Waals surface area contributed by atoms with Crippen molar-refractivity contribution in [1.82, 2.24) is 4.98 Å². The molecule has 2 aromatic rings. The van der Waals surface area contributed by atoms with Crippen LogP contribution < -0.4 is 0 Å². The summed E-state index contributed by atoms with van der Waals surface area (Å²) in [4.78, 5) is 15.1. The van der Waals surface area contributed by atoms with Crippen molar-refractivity contribution in [3.8, 4) is 0 Å². The number of benzene rings is 1. The van der Waals surface area contributed by atoms with Gasteiger partial charge >= 0.3 is 0 Å². The Balaban J connectivity index is 2.42. The normalized spacial score (nSPS) is 10.3. The second-order valence-electron chi connectivity index (χ2n) is 2.79. The van der Waals surface area contributed by atoms with Crippen LogP contribution in [0.4, 0.5) is 8.78 Å². The first kappa shape index (κ1) is 9.51. The van der Waals surface area contributed by atoms with Crippen LogP contribution in [-0.4, -0.2) is 10.8 Å². The number of oxazole rings is 1. The maximum absolute atomic E-state index is 13.2. The molecule has 0 bridgehead atoms. The van der Waals surface area contributed by atoms with Crippen molar-refractivity contribution in [1.29, 1.82) is 0 Å². The molecule has 3 nitrogen and oxygen atoms in total. The Kier molecular flexibility index (Phi) is 2.29. The number of carbonyl (C=O) groups excluding carboxylic acids is 1. The Morgan fingerprint density at radius 1 is 1.33 bits per heavy atom. The van der Waals surface area contributed by atoms with Gasteiger partial charge in [0.1, 0.15) is 17.9 Å². The van der Waals surface area contributed by atoms with Crippen LogP contribution in [0.15, 0.2) is 35.1 Å². The summed E-state index contributed by atoms with van der Waals surface area (Å²) < 4.78 is 30.4. The van der Waals surface area contributed by atoms with Gasteiger partial charge in [-0.2, -0.15) is 0 Å². The Morgan fingerprint density at radius 2 is 2.13 bits per heavy atom. The summed E-state index contributed by atoms with van der Waals surface area (Å²) in [6, 6.07) is 2.69. The zero-order valence-electron chi connectivity index (χ0n) is 7.41. The van der Waals surface area contributed by atoms with Gasteiger partial charge in [0.15, 0.2) is 0 Å². The third-order valence-corrected chi connectivity index (χ3v) is 1.80. The van der Waals surface area contributed by atoms with E-state index in [4.69, 9.17) is 4.42 Å². The summed E-state index contributed by atoms with van der Waals surface area (Å²) in [5.74, 6) is -2.60. The number of ketones is 1. The van der Waals surface area contributed by atoms with E-state index in [9.17, 15) is 13.6 Å². The molecule has 0 atom stereocenters. The SMILES string of the molecule is O=C(c1ncco1)c1ccc(F)cc1F. The van der Waals surface area contributed by atoms with Gasteiger partial charge in [-0.05, 0) is 12.1 Å². The summed E-state index contributed by atoms with van der Waals surface area (Å²) >= 11 is 0. The lowest BCUT2D eigenvalue weighted by atomic mass is 10.1. The van der Waals surface area contributed by atoms with Crippen molar-refractivity contribution in [3.63, 3.8) is 0 Å². The largest absolute Gasteiger partial charge is 0.442 e. The second kappa shape index (κ2) is 3.61. The molecule has 0 aliphatic heterocycles. The fourth-order valence-corrected chi connectivity index (χ4v) is 1.12. The van der Waals surface area contributed by atoms with E-state index >= 15 is 0 Å². The first-order valence-electron chi connectivity index (χ1n) is 4.08. The number of rotatable bonds is 2. The van der Waals surface area contributed by atoms with E-state index in [1.54, 1.807) is 0 Å². The third kappa shape index (κ3) is 1.76. The van der Waals surface area contributed by atoms with Gasteiger partial charge in [-0.25, -0.2) is 13.8 Å². The Morgan fingerprint density at radius 3 is 2.73 bits per heavy atom. The molecule has 0 radical (unpaired) electrons. The molecule has 0 aliphatic rings. The van der Waals surface area contributed by atoms with Crippen LogP contribution in [-0.2, 0) is 0 Å². The number of aromatic nitrogens is 1. The van der Waals surface area contributed by atoms with E-state index < -0.39 is 17.4 Å². The molecule has 1 aromatic carbocycles. The molecule has 0 amide bonds. The molecule has 0 unspecified atom stereocenters. The first-order valence-corrected chi connectivity index (χ1v) is 4.08. The minimum absolute atomic E-state index is 0.222. The highest BCUT2D eigenvalue weighted by atomic mass is 19.1. The van der Waals surface area contributed by atoms with Gasteiger partial charge in [-0.15, -0.1) is 0 Å². The van der Waals surface area contributed by atoms with Gasteiger partial charge < -0.3 is 4.42 Å². The van der Waals surface area contributed by atoms with Crippen LogP contribution in [0.1, 0.15) is 16.2 Å². The topological polar surface area (TPSA) is 43.1 Å². The van der Waals surface area contributed by atoms with E-state index in [2.05, 4.69) is 4.98 Å². The van der Waals surface area contributed by atoms with Gasteiger partial charge in [0.2, 0.25) is 0 Å². The highest BCUT2D eigenvalue weighted by Crippen LogP contribution is 2.13.